The highest BCUT2D eigenvalue weighted by Gasteiger charge is 2.24. The molecule has 1 amide bonds. The van der Waals surface area contributed by atoms with Gasteiger partial charge in [0.1, 0.15) is 0 Å². The van der Waals surface area contributed by atoms with Crippen LogP contribution in [0.2, 0.25) is 0 Å². The highest BCUT2D eigenvalue weighted by Crippen LogP contribution is 2.23. The maximum atomic E-state index is 12.9. The summed E-state index contributed by atoms with van der Waals surface area (Å²) in [7, 11) is 2.01. The molecule has 0 fully saturated rings. The summed E-state index contributed by atoms with van der Waals surface area (Å²) in [5.74, 6) is 0.131. The predicted octanol–water partition coefficient (Wildman–Crippen LogP) is 2.40. The van der Waals surface area contributed by atoms with Gasteiger partial charge >= 0.3 is 0 Å². The summed E-state index contributed by atoms with van der Waals surface area (Å²) in [4.78, 5) is 14.8. The van der Waals surface area contributed by atoms with Gasteiger partial charge in [0.25, 0.3) is 0 Å². The molecule has 3 heterocycles. The Kier molecular flexibility index (Phi) is 4.28. The zero-order valence-corrected chi connectivity index (χ0v) is 15.2. The number of fused-ring (bicyclic) bond motifs is 2. The molecule has 0 aliphatic carbocycles. The first kappa shape index (κ1) is 16.8. The molecule has 1 atom stereocenters. The molecule has 1 aromatic carbocycles. The van der Waals surface area contributed by atoms with Crippen LogP contribution in [0.3, 0.4) is 0 Å². The Morgan fingerprint density at radius 2 is 2.12 bits per heavy atom. The first-order chi connectivity index (χ1) is 12.6. The molecule has 0 bridgehead atoms. The van der Waals surface area contributed by atoms with Gasteiger partial charge in [0.15, 0.2) is 0 Å². The number of aliphatic hydroxyl groups is 1. The fourth-order valence-electron chi connectivity index (χ4n) is 3.71. The molecule has 1 aliphatic heterocycles. The number of aromatic nitrogens is 3. The number of aliphatic hydroxyl groups excluding tert-OH is 1. The molecular weight excluding hydrogens is 328 g/mol. The third-order valence-electron chi connectivity index (χ3n) is 5.22. The van der Waals surface area contributed by atoms with E-state index < -0.39 is 6.10 Å². The van der Waals surface area contributed by atoms with Gasteiger partial charge in [-0.05, 0) is 24.1 Å². The lowest BCUT2D eigenvalue weighted by atomic mass is 10.1. The number of benzene rings is 1. The zero-order valence-electron chi connectivity index (χ0n) is 15.2. The SMILES string of the molecule is CCC(O)c1cc2n(n1)CCN(C(=O)Cc1cn(C)c3ccccc13)C2. The van der Waals surface area contributed by atoms with Crippen LogP contribution in [0.5, 0.6) is 0 Å². The summed E-state index contributed by atoms with van der Waals surface area (Å²) in [6.07, 6.45) is 2.56. The fraction of sp³-hybridized carbons (Fsp3) is 0.400. The van der Waals surface area contributed by atoms with Crippen LogP contribution in [0.25, 0.3) is 10.9 Å². The van der Waals surface area contributed by atoms with Crippen molar-refractivity contribution in [1.82, 2.24) is 19.2 Å². The average molecular weight is 352 g/mol. The molecule has 3 aromatic rings. The molecule has 26 heavy (non-hydrogen) atoms. The molecule has 1 aliphatic rings. The van der Waals surface area contributed by atoms with Gasteiger partial charge in [-0.15, -0.1) is 0 Å². The van der Waals surface area contributed by atoms with E-state index in [1.54, 1.807) is 0 Å². The topological polar surface area (TPSA) is 63.3 Å². The van der Waals surface area contributed by atoms with E-state index in [2.05, 4.69) is 21.8 Å². The van der Waals surface area contributed by atoms with Crippen LogP contribution < -0.4 is 0 Å². The van der Waals surface area contributed by atoms with E-state index in [4.69, 9.17) is 0 Å². The Hall–Kier alpha value is -2.60. The number of rotatable bonds is 4. The molecule has 6 nitrogen and oxygen atoms in total. The molecule has 4 rings (SSSR count). The van der Waals surface area contributed by atoms with Crippen LogP contribution in [0.15, 0.2) is 36.5 Å². The van der Waals surface area contributed by atoms with Crippen molar-refractivity contribution >= 4 is 16.8 Å². The standard InChI is InChI=1S/C20H24N4O2/c1-3-19(25)17-11-15-13-23(8-9-24(15)21-17)20(26)10-14-12-22(2)18-7-5-4-6-16(14)18/h4-7,11-12,19,25H,3,8-10,13H2,1-2H3. The lowest BCUT2D eigenvalue weighted by Gasteiger charge is -2.27. The van der Waals surface area contributed by atoms with Gasteiger partial charge in [-0.1, -0.05) is 25.1 Å². The number of hydrogen-bond donors (Lipinski definition) is 1. The van der Waals surface area contributed by atoms with E-state index in [9.17, 15) is 9.90 Å². The monoisotopic (exact) mass is 352 g/mol. The van der Waals surface area contributed by atoms with Gasteiger partial charge in [-0.2, -0.15) is 5.10 Å². The van der Waals surface area contributed by atoms with Gasteiger partial charge in [-0.25, -0.2) is 0 Å². The molecule has 2 aromatic heterocycles. The van der Waals surface area contributed by atoms with Crippen molar-refractivity contribution in [3.63, 3.8) is 0 Å². The van der Waals surface area contributed by atoms with Gasteiger partial charge in [0, 0.05) is 30.7 Å². The Morgan fingerprint density at radius 3 is 2.92 bits per heavy atom. The minimum Gasteiger partial charge on any atom is -0.387 e. The molecule has 0 saturated heterocycles. The first-order valence-corrected chi connectivity index (χ1v) is 9.12. The number of amides is 1. The number of carbonyl (C=O) groups is 1. The number of nitrogens with zero attached hydrogens (tertiary/aromatic N) is 4. The van der Waals surface area contributed by atoms with Crippen molar-refractivity contribution in [3.8, 4) is 0 Å². The van der Waals surface area contributed by atoms with Crippen LogP contribution in [-0.2, 0) is 31.4 Å². The van der Waals surface area contributed by atoms with Gasteiger partial charge in [-0.3, -0.25) is 9.48 Å². The van der Waals surface area contributed by atoms with Gasteiger partial charge in [0.05, 0.1) is 37.0 Å². The second-order valence-electron chi connectivity index (χ2n) is 6.98. The van der Waals surface area contributed by atoms with Crippen LogP contribution in [0.4, 0.5) is 0 Å². The molecule has 1 N–H and O–H groups in total. The number of hydrogen-bond acceptors (Lipinski definition) is 3. The number of carbonyl (C=O) groups excluding carboxylic acids is 1. The quantitative estimate of drug-likeness (QED) is 0.784. The summed E-state index contributed by atoms with van der Waals surface area (Å²) in [5.41, 5.74) is 3.90. The van der Waals surface area contributed by atoms with Crippen molar-refractivity contribution in [2.24, 2.45) is 7.05 Å². The second-order valence-corrected chi connectivity index (χ2v) is 6.98. The van der Waals surface area contributed by atoms with Crippen molar-refractivity contribution in [3.05, 3.63) is 53.5 Å². The van der Waals surface area contributed by atoms with E-state index >= 15 is 0 Å². The Morgan fingerprint density at radius 1 is 1.31 bits per heavy atom. The third kappa shape index (κ3) is 2.90. The first-order valence-electron chi connectivity index (χ1n) is 9.12. The molecule has 0 spiro atoms. The highest BCUT2D eigenvalue weighted by molar-refractivity contribution is 5.89. The van der Waals surface area contributed by atoms with Crippen molar-refractivity contribution in [2.45, 2.75) is 39.0 Å². The minimum atomic E-state index is -0.534. The van der Waals surface area contributed by atoms with Gasteiger partial charge in [0.2, 0.25) is 5.91 Å². The molecule has 0 saturated carbocycles. The van der Waals surface area contributed by atoms with E-state index in [0.29, 0.717) is 38.2 Å². The zero-order chi connectivity index (χ0) is 18.3. The normalized spacial score (nSPS) is 15.3. The van der Waals surface area contributed by atoms with Crippen LogP contribution in [0.1, 0.15) is 36.4 Å². The maximum absolute atomic E-state index is 12.9. The fourth-order valence-corrected chi connectivity index (χ4v) is 3.71. The minimum absolute atomic E-state index is 0.131. The molecule has 6 heteroatoms. The van der Waals surface area contributed by atoms with E-state index in [1.807, 2.05) is 47.9 Å². The third-order valence-corrected chi connectivity index (χ3v) is 5.22. The Bertz CT molecular complexity index is 956. The Labute approximate surface area is 152 Å². The molecule has 136 valence electrons. The molecule has 1 unspecified atom stereocenters. The number of aryl methyl sites for hydroxylation is 1. The lowest BCUT2D eigenvalue weighted by Crippen LogP contribution is -2.39. The van der Waals surface area contributed by atoms with Crippen molar-refractivity contribution in [1.29, 1.82) is 0 Å². The smallest absolute Gasteiger partial charge is 0.227 e. The Balaban J connectivity index is 1.51. The summed E-state index contributed by atoms with van der Waals surface area (Å²) in [6, 6.07) is 10.1. The lowest BCUT2D eigenvalue weighted by molar-refractivity contribution is -0.131. The largest absolute Gasteiger partial charge is 0.387 e. The maximum Gasteiger partial charge on any atom is 0.227 e. The summed E-state index contributed by atoms with van der Waals surface area (Å²) in [6.45, 7) is 3.81. The summed E-state index contributed by atoms with van der Waals surface area (Å²) < 4.78 is 3.98. The van der Waals surface area contributed by atoms with E-state index in [1.165, 1.54) is 0 Å². The second kappa shape index (κ2) is 6.61. The van der Waals surface area contributed by atoms with Crippen molar-refractivity contribution < 1.29 is 9.90 Å². The van der Waals surface area contributed by atoms with E-state index in [0.717, 1.165) is 22.2 Å². The summed E-state index contributed by atoms with van der Waals surface area (Å²) in [5, 5.41) is 15.6. The molecular formula is C20H24N4O2. The predicted molar refractivity (Wildman–Crippen MR) is 99.5 cm³/mol. The van der Waals surface area contributed by atoms with Crippen LogP contribution in [0, 0.1) is 0 Å². The summed E-state index contributed by atoms with van der Waals surface area (Å²) >= 11 is 0. The van der Waals surface area contributed by atoms with E-state index in [-0.39, 0.29) is 5.91 Å². The van der Waals surface area contributed by atoms with Gasteiger partial charge < -0.3 is 14.6 Å². The van der Waals surface area contributed by atoms with Crippen LogP contribution in [-0.4, -0.2) is 36.8 Å². The average Bonchev–Trinajstić information content (AvgIpc) is 3.22. The van der Waals surface area contributed by atoms with Crippen molar-refractivity contribution in [2.75, 3.05) is 6.54 Å². The highest BCUT2D eigenvalue weighted by atomic mass is 16.3. The van der Waals surface area contributed by atoms with Crippen LogP contribution >= 0.6 is 0 Å². The molecule has 0 radical (unpaired) electrons. The number of para-hydroxylation sites is 1.